The van der Waals surface area contributed by atoms with Gasteiger partial charge in [-0.1, -0.05) is 0 Å². The largest absolute Gasteiger partial charge is 0.351 e. The Balaban J connectivity index is 2.37. The molecule has 2 fully saturated rings. The zero-order chi connectivity index (χ0) is 9.69. The average molecular weight is 183 g/mol. The summed E-state index contributed by atoms with van der Waals surface area (Å²) in [5.74, 6) is 0. The number of primary amides is 1. The van der Waals surface area contributed by atoms with E-state index < -0.39 is 0 Å². The number of rotatable bonds is 0. The van der Waals surface area contributed by atoms with E-state index in [4.69, 9.17) is 5.73 Å². The second-order valence-electron chi connectivity index (χ2n) is 4.77. The van der Waals surface area contributed by atoms with Crippen LogP contribution >= 0.6 is 0 Å². The number of fused-ring (bicyclic) bond motifs is 2. The second kappa shape index (κ2) is 2.38. The fourth-order valence-electron chi connectivity index (χ4n) is 2.88. The lowest BCUT2D eigenvalue weighted by Gasteiger charge is -2.47. The summed E-state index contributed by atoms with van der Waals surface area (Å²) in [7, 11) is 0. The fourth-order valence-corrected chi connectivity index (χ4v) is 2.88. The Morgan fingerprint density at radius 3 is 2.08 bits per heavy atom. The number of carbonyl (C=O) groups excluding carboxylic acids is 1. The molecule has 4 nitrogen and oxygen atoms in total. The number of hydrogen-bond acceptors (Lipinski definition) is 2. The van der Waals surface area contributed by atoms with Gasteiger partial charge in [-0.3, -0.25) is 0 Å². The van der Waals surface area contributed by atoms with Crippen molar-refractivity contribution >= 4 is 6.03 Å². The molecule has 0 saturated carbocycles. The molecule has 0 aliphatic carbocycles. The van der Waals surface area contributed by atoms with Crippen molar-refractivity contribution in [3.63, 3.8) is 0 Å². The van der Waals surface area contributed by atoms with Crippen LogP contribution < -0.4 is 11.1 Å². The number of piperazine rings is 1. The first-order valence-electron chi connectivity index (χ1n) is 4.78. The average Bonchev–Trinajstić information content (AvgIpc) is 2.15. The van der Waals surface area contributed by atoms with Crippen LogP contribution in [0.5, 0.6) is 0 Å². The van der Waals surface area contributed by atoms with E-state index in [1.54, 1.807) is 0 Å². The molecule has 0 aromatic carbocycles. The van der Waals surface area contributed by atoms with E-state index in [0.29, 0.717) is 0 Å². The molecule has 74 valence electrons. The molecule has 13 heavy (non-hydrogen) atoms. The van der Waals surface area contributed by atoms with Gasteiger partial charge in [0.15, 0.2) is 0 Å². The molecule has 2 bridgehead atoms. The topological polar surface area (TPSA) is 58.4 Å². The molecular formula is C9H17N3O. The minimum absolute atomic E-state index is 0.0567. The molecule has 2 aliphatic heterocycles. The molecule has 2 aliphatic rings. The van der Waals surface area contributed by atoms with Gasteiger partial charge in [0.25, 0.3) is 0 Å². The predicted octanol–water partition coefficient (Wildman–Crippen LogP) is 0.282. The Morgan fingerprint density at radius 2 is 1.77 bits per heavy atom. The minimum Gasteiger partial charge on any atom is -0.351 e. The molecule has 4 heteroatoms. The van der Waals surface area contributed by atoms with Crippen LogP contribution in [0.15, 0.2) is 0 Å². The molecule has 3 N–H and O–H groups in total. The van der Waals surface area contributed by atoms with Crippen molar-refractivity contribution < 1.29 is 4.79 Å². The first kappa shape index (κ1) is 8.81. The highest BCUT2D eigenvalue weighted by atomic mass is 16.2. The van der Waals surface area contributed by atoms with Crippen LogP contribution in [0.2, 0.25) is 0 Å². The second-order valence-corrected chi connectivity index (χ2v) is 4.77. The summed E-state index contributed by atoms with van der Waals surface area (Å²) in [6.45, 7) is 5.95. The third-order valence-electron chi connectivity index (χ3n) is 3.51. The van der Waals surface area contributed by atoms with Crippen LogP contribution in [0.3, 0.4) is 0 Å². The van der Waals surface area contributed by atoms with Gasteiger partial charge in [0.1, 0.15) is 0 Å². The van der Waals surface area contributed by atoms with Crippen molar-refractivity contribution in [2.45, 2.75) is 37.8 Å². The molecular weight excluding hydrogens is 166 g/mol. The van der Waals surface area contributed by atoms with Gasteiger partial charge in [0.05, 0.1) is 11.1 Å². The van der Waals surface area contributed by atoms with Crippen LogP contribution in [-0.4, -0.2) is 35.1 Å². The molecule has 2 unspecified atom stereocenters. The van der Waals surface area contributed by atoms with Crippen LogP contribution in [0.4, 0.5) is 4.79 Å². The van der Waals surface area contributed by atoms with Gasteiger partial charge in [0, 0.05) is 13.1 Å². The molecule has 2 atom stereocenters. The summed E-state index contributed by atoms with van der Waals surface area (Å²) in [6, 6.07) is -0.274. The van der Waals surface area contributed by atoms with E-state index in [0.717, 1.165) is 25.9 Å². The van der Waals surface area contributed by atoms with Crippen LogP contribution in [-0.2, 0) is 0 Å². The number of nitrogens with one attached hydrogen (secondary N) is 1. The maximum absolute atomic E-state index is 11.3. The Bertz CT molecular complexity index is 237. The van der Waals surface area contributed by atoms with Crippen molar-refractivity contribution in [2.24, 2.45) is 5.73 Å². The standard InChI is InChI=1S/C9H17N3O/c1-8-3-4-9(2,6-11-5-8)12(8)7(10)13/h11H,3-6H2,1-2H3,(H2,10,13). The van der Waals surface area contributed by atoms with E-state index in [9.17, 15) is 4.79 Å². The molecule has 2 amide bonds. The van der Waals surface area contributed by atoms with E-state index in [1.165, 1.54) is 0 Å². The van der Waals surface area contributed by atoms with Gasteiger partial charge < -0.3 is 16.0 Å². The highest BCUT2D eigenvalue weighted by Gasteiger charge is 2.54. The summed E-state index contributed by atoms with van der Waals surface area (Å²) in [5, 5.41) is 3.36. The van der Waals surface area contributed by atoms with Crippen LogP contribution in [0, 0.1) is 0 Å². The summed E-state index contributed by atoms with van der Waals surface area (Å²) < 4.78 is 0. The third kappa shape index (κ3) is 1.05. The Labute approximate surface area is 78.5 Å². The zero-order valence-corrected chi connectivity index (χ0v) is 8.26. The van der Waals surface area contributed by atoms with Crippen molar-refractivity contribution in [1.29, 1.82) is 0 Å². The summed E-state index contributed by atoms with van der Waals surface area (Å²) in [6.07, 6.45) is 2.11. The smallest absolute Gasteiger partial charge is 0.315 e. The van der Waals surface area contributed by atoms with Crippen LogP contribution in [0.25, 0.3) is 0 Å². The third-order valence-corrected chi connectivity index (χ3v) is 3.51. The summed E-state index contributed by atoms with van der Waals surface area (Å²) in [5.41, 5.74) is 5.30. The Kier molecular flexibility index (Phi) is 1.61. The van der Waals surface area contributed by atoms with Crippen LogP contribution in [0.1, 0.15) is 26.7 Å². The van der Waals surface area contributed by atoms with Crippen molar-refractivity contribution in [2.75, 3.05) is 13.1 Å². The lowest BCUT2D eigenvalue weighted by Crippen LogP contribution is -2.67. The number of nitrogens with zero attached hydrogens (tertiary/aromatic N) is 1. The van der Waals surface area contributed by atoms with E-state index >= 15 is 0 Å². The van der Waals surface area contributed by atoms with Gasteiger partial charge in [-0.2, -0.15) is 0 Å². The predicted molar refractivity (Wildman–Crippen MR) is 50.3 cm³/mol. The highest BCUT2D eigenvalue weighted by molar-refractivity contribution is 5.75. The highest BCUT2D eigenvalue weighted by Crippen LogP contribution is 2.42. The maximum atomic E-state index is 11.3. The number of urea groups is 1. The zero-order valence-electron chi connectivity index (χ0n) is 8.26. The van der Waals surface area contributed by atoms with E-state index in [1.807, 2.05) is 4.90 Å². The molecule has 0 radical (unpaired) electrons. The Hall–Kier alpha value is -0.770. The lowest BCUT2D eigenvalue weighted by molar-refractivity contribution is 0.0655. The lowest BCUT2D eigenvalue weighted by atomic mass is 9.97. The van der Waals surface area contributed by atoms with Gasteiger partial charge in [-0.05, 0) is 26.7 Å². The van der Waals surface area contributed by atoms with Crippen molar-refractivity contribution in [1.82, 2.24) is 10.2 Å². The SMILES string of the molecule is CC12CCC(C)(CNC1)N2C(N)=O. The molecule has 2 rings (SSSR count). The fraction of sp³-hybridized carbons (Fsp3) is 0.889. The van der Waals surface area contributed by atoms with Gasteiger partial charge >= 0.3 is 6.03 Å². The van der Waals surface area contributed by atoms with Crippen molar-refractivity contribution in [3.8, 4) is 0 Å². The summed E-state index contributed by atoms with van der Waals surface area (Å²) in [4.78, 5) is 13.2. The summed E-state index contributed by atoms with van der Waals surface area (Å²) >= 11 is 0. The van der Waals surface area contributed by atoms with Gasteiger partial charge in [-0.15, -0.1) is 0 Å². The normalized spacial score (nSPS) is 43.7. The maximum Gasteiger partial charge on any atom is 0.315 e. The molecule has 2 saturated heterocycles. The molecule has 0 aromatic heterocycles. The molecule has 2 heterocycles. The quantitative estimate of drug-likeness (QED) is 0.567. The first-order chi connectivity index (χ1) is 5.98. The monoisotopic (exact) mass is 183 g/mol. The Morgan fingerprint density at radius 1 is 1.31 bits per heavy atom. The number of amides is 2. The molecule has 0 spiro atoms. The van der Waals surface area contributed by atoms with E-state index in [-0.39, 0.29) is 17.1 Å². The van der Waals surface area contributed by atoms with Crippen molar-refractivity contribution in [3.05, 3.63) is 0 Å². The van der Waals surface area contributed by atoms with Gasteiger partial charge in [0.2, 0.25) is 0 Å². The first-order valence-corrected chi connectivity index (χ1v) is 4.78. The van der Waals surface area contributed by atoms with Gasteiger partial charge in [-0.25, -0.2) is 4.79 Å². The number of nitrogens with two attached hydrogens (primary N) is 1. The number of carbonyl (C=O) groups is 1. The minimum atomic E-state index is -0.274. The molecule has 0 aromatic rings. The number of hydrogen-bond donors (Lipinski definition) is 2. The van der Waals surface area contributed by atoms with E-state index in [2.05, 4.69) is 19.2 Å².